The zero-order chi connectivity index (χ0) is 17.9. The van der Waals surface area contributed by atoms with Crippen molar-refractivity contribution in [2.24, 2.45) is 4.99 Å². The number of piperidine rings is 1. The normalized spacial score (nSPS) is 31.1. The van der Waals surface area contributed by atoms with Crippen molar-refractivity contribution in [3.05, 3.63) is 34.3 Å². The summed E-state index contributed by atoms with van der Waals surface area (Å²) in [6, 6.07) is 6.94. The first-order valence-corrected chi connectivity index (χ1v) is 9.57. The van der Waals surface area contributed by atoms with Crippen molar-refractivity contribution in [3.8, 4) is 0 Å². The molecule has 1 aromatic rings. The van der Waals surface area contributed by atoms with Gasteiger partial charge >= 0.3 is 0 Å². The van der Waals surface area contributed by atoms with Crippen LogP contribution in [0.4, 0.5) is 0 Å². The van der Waals surface area contributed by atoms with Gasteiger partial charge in [-0.1, -0.05) is 11.6 Å². The number of halogens is 1. The highest BCUT2D eigenvalue weighted by molar-refractivity contribution is 6.32. The van der Waals surface area contributed by atoms with Crippen LogP contribution in [-0.2, 0) is 0 Å². The largest absolute Gasteiger partial charge is 0.300 e. The van der Waals surface area contributed by atoms with Crippen molar-refractivity contribution in [2.75, 3.05) is 7.05 Å². The molecule has 2 saturated heterocycles. The Bertz CT molecular complexity index is 738. The van der Waals surface area contributed by atoms with Gasteiger partial charge in [-0.25, -0.2) is 0 Å². The lowest BCUT2D eigenvalue weighted by molar-refractivity contribution is 0.0687. The minimum Gasteiger partial charge on any atom is -0.300 e. The van der Waals surface area contributed by atoms with Gasteiger partial charge in [0.05, 0.1) is 11.1 Å². The lowest BCUT2D eigenvalue weighted by Crippen LogP contribution is -2.51. The maximum atomic E-state index is 13.2. The van der Waals surface area contributed by atoms with Crippen LogP contribution in [0, 0.1) is 0 Å². The van der Waals surface area contributed by atoms with Crippen LogP contribution in [0.5, 0.6) is 0 Å². The molecule has 2 bridgehead atoms. The fraction of sp³-hybridized carbons (Fsp3) is 0.600. The summed E-state index contributed by atoms with van der Waals surface area (Å²) in [7, 11) is 2.23. The second-order valence-electron chi connectivity index (χ2n) is 8.65. The summed E-state index contributed by atoms with van der Waals surface area (Å²) < 4.78 is 0. The number of aliphatic imine (C=N–C) groups is 1. The van der Waals surface area contributed by atoms with Crippen LogP contribution in [0.15, 0.2) is 23.2 Å². The molecule has 3 aliphatic rings. The van der Waals surface area contributed by atoms with Crippen molar-refractivity contribution in [2.45, 2.75) is 70.1 Å². The van der Waals surface area contributed by atoms with E-state index >= 15 is 0 Å². The maximum absolute atomic E-state index is 13.2. The van der Waals surface area contributed by atoms with E-state index in [0.717, 1.165) is 29.8 Å². The molecule has 0 aliphatic carbocycles. The van der Waals surface area contributed by atoms with E-state index < -0.39 is 0 Å². The number of hydrogen-bond donors (Lipinski definition) is 0. The van der Waals surface area contributed by atoms with Crippen molar-refractivity contribution in [1.82, 2.24) is 9.80 Å². The number of hydrogen-bond acceptors (Lipinski definition) is 3. The standard InChI is InChI=1S/C20H26ClN3O/c1-20(2,3)22-18-17-9-12(21)5-8-16(17)19(25)24(18)15-10-13-6-7-14(11-15)23(13)4/h5,8-9,13-15H,6-7,10-11H2,1-4H3. The summed E-state index contributed by atoms with van der Waals surface area (Å²) in [4.78, 5) is 22.6. The molecule has 0 spiro atoms. The van der Waals surface area contributed by atoms with Crippen molar-refractivity contribution in [3.63, 3.8) is 0 Å². The average Bonchev–Trinajstić information content (AvgIpc) is 2.88. The van der Waals surface area contributed by atoms with E-state index in [1.807, 2.05) is 17.0 Å². The zero-order valence-corrected chi connectivity index (χ0v) is 16.2. The number of carbonyl (C=O) groups excluding carboxylic acids is 1. The summed E-state index contributed by atoms with van der Waals surface area (Å²) in [5, 5.41) is 0.651. The van der Waals surface area contributed by atoms with E-state index in [1.54, 1.807) is 6.07 Å². The summed E-state index contributed by atoms with van der Waals surface area (Å²) in [5.74, 6) is 0.896. The molecule has 2 fully saturated rings. The molecule has 3 aliphatic heterocycles. The topological polar surface area (TPSA) is 35.9 Å². The Balaban J connectivity index is 1.76. The molecule has 0 N–H and O–H groups in total. The summed E-state index contributed by atoms with van der Waals surface area (Å²) in [5.41, 5.74) is 1.37. The lowest BCUT2D eigenvalue weighted by Gasteiger charge is -2.40. The predicted molar refractivity (Wildman–Crippen MR) is 102 cm³/mol. The Morgan fingerprint density at radius 1 is 1.08 bits per heavy atom. The highest BCUT2D eigenvalue weighted by Crippen LogP contribution is 2.39. The summed E-state index contributed by atoms with van der Waals surface area (Å²) in [6.45, 7) is 6.22. The third kappa shape index (κ3) is 2.89. The molecular formula is C20H26ClN3O. The van der Waals surface area contributed by atoms with Crippen molar-refractivity contribution < 1.29 is 4.79 Å². The maximum Gasteiger partial charge on any atom is 0.260 e. The van der Waals surface area contributed by atoms with Crippen LogP contribution < -0.4 is 0 Å². The second kappa shape index (κ2) is 5.82. The minimum atomic E-state index is -0.248. The number of amidine groups is 1. The molecule has 2 atom stereocenters. The van der Waals surface area contributed by atoms with Crippen molar-refractivity contribution >= 4 is 23.3 Å². The quantitative estimate of drug-likeness (QED) is 0.760. The fourth-order valence-electron chi connectivity index (χ4n) is 4.61. The summed E-state index contributed by atoms with van der Waals surface area (Å²) >= 11 is 6.23. The van der Waals surface area contributed by atoms with E-state index in [1.165, 1.54) is 12.8 Å². The highest BCUT2D eigenvalue weighted by atomic mass is 35.5. The van der Waals surface area contributed by atoms with Gasteiger partial charge in [0.15, 0.2) is 0 Å². The van der Waals surface area contributed by atoms with Gasteiger partial charge in [0, 0.05) is 28.7 Å². The fourth-order valence-corrected chi connectivity index (χ4v) is 4.78. The van der Waals surface area contributed by atoms with Crippen LogP contribution in [0.1, 0.15) is 62.4 Å². The number of carbonyl (C=O) groups is 1. The molecule has 1 amide bonds. The average molecular weight is 360 g/mol. The molecule has 0 aromatic heterocycles. The first-order valence-electron chi connectivity index (χ1n) is 9.20. The van der Waals surface area contributed by atoms with E-state index in [2.05, 4.69) is 32.7 Å². The van der Waals surface area contributed by atoms with Crippen molar-refractivity contribution in [1.29, 1.82) is 0 Å². The van der Waals surface area contributed by atoms with Gasteiger partial charge in [-0.15, -0.1) is 0 Å². The first-order chi connectivity index (χ1) is 11.7. The highest BCUT2D eigenvalue weighted by Gasteiger charge is 2.46. The van der Waals surface area contributed by atoms with E-state index in [0.29, 0.717) is 17.1 Å². The third-order valence-corrected chi connectivity index (χ3v) is 6.01. The van der Waals surface area contributed by atoms with E-state index in [9.17, 15) is 4.79 Å². The Labute approximate surface area is 154 Å². The molecule has 4 rings (SSSR count). The molecule has 3 heterocycles. The van der Waals surface area contributed by atoms with E-state index in [-0.39, 0.29) is 17.5 Å². The predicted octanol–water partition coefficient (Wildman–Crippen LogP) is 3.97. The Hall–Kier alpha value is -1.39. The van der Waals surface area contributed by atoms with Gasteiger partial charge in [0.1, 0.15) is 5.84 Å². The molecule has 4 nitrogen and oxygen atoms in total. The lowest BCUT2D eigenvalue weighted by atomic mass is 9.96. The molecular weight excluding hydrogens is 334 g/mol. The Morgan fingerprint density at radius 2 is 1.72 bits per heavy atom. The van der Waals surface area contributed by atoms with Gasteiger partial charge in [0.25, 0.3) is 5.91 Å². The minimum absolute atomic E-state index is 0.0867. The molecule has 2 unspecified atom stereocenters. The van der Waals surface area contributed by atoms with Gasteiger partial charge < -0.3 is 4.90 Å². The van der Waals surface area contributed by atoms with Crippen LogP contribution >= 0.6 is 11.6 Å². The number of amides is 1. The van der Waals surface area contributed by atoms with Crippen LogP contribution in [-0.4, -0.2) is 52.3 Å². The Kier molecular flexibility index (Phi) is 3.97. The molecule has 25 heavy (non-hydrogen) atoms. The SMILES string of the molecule is CN1C2CCC1CC(N1C(=O)c3ccc(Cl)cc3C1=NC(C)(C)C)C2. The Morgan fingerprint density at radius 3 is 2.32 bits per heavy atom. The van der Waals surface area contributed by atoms with Crippen LogP contribution in [0.25, 0.3) is 0 Å². The third-order valence-electron chi connectivity index (χ3n) is 5.78. The summed E-state index contributed by atoms with van der Waals surface area (Å²) in [6.07, 6.45) is 4.54. The zero-order valence-electron chi connectivity index (χ0n) is 15.4. The molecule has 0 radical (unpaired) electrons. The molecule has 5 heteroatoms. The van der Waals surface area contributed by atoms with Gasteiger partial charge in [-0.05, 0) is 71.7 Å². The first kappa shape index (κ1) is 17.0. The van der Waals surface area contributed by atoms with Crippen LogP contribution in [0.2, 0.25) is 5.02 Å². The second-order valence-corrected chi connectivity index (χ2v) is 9.08. The number of fused-ring (bicyclic) bond motifs is 3. The number of nitrogens with zero attached hydrogens (tertiary/aromatic N) is 3. The smallest absolute Gasteiger partial charge is 0.260 e. The molecule has 134 valence electrons. The molecule has 0 saturated carbocycles. The number of rotatable bonds is 1. The van der Waals surface area contributed by atoms with Gasteiger partial charge in [-0.2, -0.15) is 0 Å². The monoisotopic (exact) mass is 359 g/mol. The number of benzene rings is 1. The van der Waals surface area contributed by atoms with Gasteiger partial charge in [-0.3, -0.25) is 14.7 Å². The molecule has 1 aromatic carbocycles. The van der Waals surface area contributed by atoms with E-state index in [4.69, 9.17) is 16.6 Å². The van der Waals surface area contributed by atoms with Crippen LogP contribution in [0.3, 0.4) is 0 Å². The van der Waals surface area contributed by atoms with Gasteiger partial charge in [0.2, 0.25) is 0 Å².